The van der Waals surface area contributed by atoms with Gasteiger partial charge in [-0.15, -0.1) is 0 Å². The minimum absolute atomic E-state index is 0.127. The topological polar surface area (TPSA) is 111 Å². The third kappa shape index (κ3) is 5.68. The number of amidine groups is 1. The molecule has 10 nitrogen and oxygen atoms in total. The van der Waals surface area contributed by atoms with Gasteiger partial charge in [-0.05, 0) is 48.5 Å². The van der Waals surface area contributed by atoms with E-state index in [1.54, 1.807) is 29.2 Å². The van der Waals surface area contributed by atoms with E-state index in [4.69, 9.17) is 14.4 Å². The molecule has 1 saturated heterocycles. The average Bonchev–Trinajstić information content (AvgIpc) is 3.80. The first-order valence-corrected chi connectivity index (χ1v) is 18.3. The predicted molar refractivity (Wildman–Crippen MR) is 190 cm³/mol. The minimum atomic E-state index is -3.82. The van der Waals surface area contributed by atoms with Crippen molar-refractivity contribution in [3.8, 4) is 22.6 Å². The Balaban J connectivity index is 1.31. The second kappa shape index (κ2) is 12.2. The molecular formula is C37H32F4N6O4S. The van der Waals surface area contributed by atoms with Crippen LogP contribution in [0.1, 0.15) is 33.9 Å². The monoisotopic (exact) mass is 732 g/mol. The Morgan fingerprint density at radius 2 is 1.88 bits per heavy atom. The summed E-state index contributed by atoms with van der Waals surface area (Å²) in [4.78, 5) is 26.5. The van der Waals surface area contributed by atoms with Crippen LogP contribution in [0, 0.1) is 11.6 Å². The lowest BCUT2D eigenvalue weighted by Crippen LogP contribution is -2.42. The van der Waals surface area contributed by atoms with Crippen molar-refractivity contribution in [2.45, 2.75) is 24.8 Å². The van der Waals surface area contributed by atoms with Gasteiger partial charge in [0.15, 0.2) is 0 Å². The fourth-order valence-electron chi connectivity index (χ4n) is 7.34. The summed E-state index contributed by atoms with van der Waals surface area (Å²) in [6.45, 7) is -0.0837. The van der Waals surface area contributed by atoms with Crippen LogP contribution in [0.4, 0.5) is 34.6 Å². The van der Waals surface area contributed by atoms with E-state index in [9.17, 15) is 26.4 Å². The van der Waals surface area contributed by atoms with Gasteiger partial charge < -0.3 is 14.6 Å². The van der Waals surface area contributed by atoms with Crippen molar-refractivity contribution in [2.24, 2.45) is 4.99 Å². The standard InChI is InChI=1S/C37H32F4N6O4S/c1-42-36(48)34-25-13-23(30(45(2)52(3,49)50)16-32(25)51-35(34)20-7-9-21(38)10-8-20)27-14-24-28(17-43-27)44-33(18-46-12-11-37(40,41)19-46)47-29-6-4-5-26(39)22(29)15-31(24)47/h4-10,13-14,16-17,31H,11-12,15,18-19H2,1-3H3,(H,42,48). The fraction of sp³-hybridized carbons (Fsp3) is 0.270. The number of sulfonamides is 1. The van der Waals surface area contributed by atoms with Gasteiger partial charge in [0.1, 0.15) is 28.8 Å². The van der Waals surface area contributed by atoms with Gasteiger partial charge in [0.2, 0.25) is 10.0 Å². The van der Waals surface area contributed by atoms with E-state index < -0.39 is 46.1 Å². The number of likely N-dealkylation sites (tertiary alicyclic amines) is 1. The number of furan rings is 1. The molecule has 1 N–H and O–H groups in total. The zero-order valence-electron chi connectivity index (χ0n) is 28.3. The number of halogens is 4. The Kier molecular flexibility index (Phi) is 7.91. The van der Waals surface area contributed by atoms with Crippen molar-refractivity contribution >= 4 is 49.8 Å². The molecule has 1 unspecified atom stereocenters. The number of benzene rings is 3. The normalized spacial score (nSPS) is 17.9. The van der Waals surface area contributed by atoms with Crippen molar-refractivity contribution in [3.63, 3.8) is 0 Å². The molecule has 3 aliphatic rings. The van der Waals surface area contributed by atoms with Crippen molar-refractivity contribution in [2.75, 3.05) is 49.2 Å². The smallest absolute Gasteiger partial charge is 0.261 e. The molecule has 5 aromatic rings. The van der Waals surface area contributed by atoms with E-state index in [0.717, 1.165) is 10.6 Å². The molecule has 1 amide bonds. The van der Waals surface area contributed by atoms with Crippen LogP contribution in [0.25, 0.3) is 33.6 Å². The number of nitrogens with one attached hydrogen (secondary N) is 1. The quantitative estimate of drug-likeness (QED) is 0.186. The summed E-state index contributed by atoms with van der Waals surface area (Å²) >= 11 is 0. The fourth-order valence-corrected chi connectivity index (χ4v) is 7.85. The number of aliphatic imine (C=N–C) groups is 1. The van der Waals surface area contributed by atoms with Crippen LogP contribution in [0.3, 0.4) is 0 Å². The Hall–Kier alpha value is -5.28. The Bertz CT molecular complexity index is 2430. The average molecular weight is 733 g/mol. The molecular weight excluding hydrogens is 701 g/mol. The van der Waals surface area contributed by atoms with E-state index in [1.165, 1.54) is 56.7 Å². The first kappa shape index (κ1) is 33.8. The largest absolute Gasteiger partial charge is 0.455 e. The molecule has 2 aromatic heterocycles. The highest BCUT2D eigenvalue weighted by atomic mass is 32.2. The SMILES string of the molecule is CNC(=O)c1c(-c2ccc(F)cc2)oc2cc(N(C)S(C)(=O)=O)c(-c3cc4c(cn3)N=C(CN3CCC(F)(F)C3)N3c5cccc(F)c5CC43)cc12. The van der Waals surface area contributed by atoms with Gasteiger partial charge in [-0.3, -0.25) is 19.0 Å². The molecule has 3 aliphatic heterocycles. The maximum absolute atomic E-state index is 15.3. The molecule has 0 aliphatic carbocycles. The van der Waals surface area contributed by atoms with Gasteiger partial charge in [0.25, 0.3) is 11.8 Å². The van der Waals surface area contributed by atoms with Crippen LogP contribution >= 0.6 is 0 Å². The molecule has 268 valence electrons. The van der Waals surface area contributed by atoms with Crippen LogP contribution in [0.2, 0.25) is 0 Å². The number of carbonyl (C=O) groups excluding carboxylic acids is 1. The van der Waals surface area contributed by atoms with E-state index in [2.05, 4.69) is 5.32 Å². The number of rotatable bonds is 7. The molecule has 8 rings (SSSR count). The second-order valence-corrected chi connectivity index (χ2v) is 15.3. The number of carbonyl (C=O) groups is 1. The number of pyridine rings is 1. The number of amides is 1. The van der Waals surface area contributed by atoms with E-state index in [0.29, 0.717) is 50.5 Å². The van der Waals surface area contributed by atoms with Crippen LogP contribution in [-0.2, 0) is 16.4 Å². The van der Waals surface area contributed by atoms with Crippen LogP contribution in [-0.4, -0.2) is 76.0 Å². The summed E-state index contributed by atoms with van der Waals surface area (Å²) < 4.78 is 90.6. The van der Waals surface area contributed by atoms with Crippen LogP contribution in [0.5, 0.6) is 0 Å². The highest BCUT2D eigenvalue weighted by Crippen LogP contribution is 2.49. The lowest BCUT2D eigenvalue weighted by atomic mass is 9.96. The zero-order chi connectivity index (χ0) is 36.7. The maximum Gasteiger partial charge on any atom is 0.261 e. The van der Waals surface area contributed by atoms with Crippen LogP contribution < -0.4 is 14.5 Å². The van der Waals surface area contributed by atoms with Crippen LogP contribution in [0.15, 0.2) is 76.3 Å². The molecule has 0 radical (unpaired) electrons. The van der Waals surface area contributed by atoms with E-state index >= 15 is 4.39 Å². The van der Waals surface area contributed by atoms with Crippen molar-refractivity contribution in [3.05, 3.63) is 95.2 Å². The molecule has 1 fully saturated rings. The molecule has 52 heavy (non-hydrogen) atoms. The summed E-state index contributed by atoms with van der Waals surface area (Å²) in [5.74, 6) is -3.49. The summed E-state index contributed by atoms with van der Waals surface area (Å²) in [6.07, 6.45) is 2.60. The summed E-state index contributed by atoms with van der Waals surface area (Å²) in [5, 5.41) is 2.98. The first-order valence-electron chi connectivity index (χ1n) is 16.5. The van der Waals surface area contributed by atoms with Gasteiger partial charge in [0, 0.05) is 72.9 Å². The molecule has 1 atom stereocenters. The van der Waals surface area contributed by atoms with Gasteiger partial charge in [-0.1, -0.05) is 6.07 Å². The Morgan fingerprint density at radius 3 is 2.58 bits per heavy atom. The summed E-state index contributed by atoms with van der Waals surface area (Å²) in [6, 6.07) is 14.7. The lowest BCUT2D eigenvalue weighted by Gasteiger charge is -2.35. The van der Waals surface area contributed by atoms with Gasteiger partial charge >= 0.3 is 0 Å². The third-order valence-electron chi connectivity index (χ3n) is 9.96. The number of hydrogen-bond donors (Lipinski definition) is 1. The van der Waals surface area contributed by atoms with Gasteiger partial charge in [-0.2, -0.15) is 0 Å². The predicted octanol–water partition coefficient (Wildman–Crippen LogP) is 6.68. The number of anilines is 2. The van der Waals surface area contributed by atoms with Crippen molar-refractivity contribution < 1.29 is 35.2 Å². The Morgan fingerprint density at radius 1 is 1.12 bits per heavy atom. The summed E-state index contributed by atoms with van der Waals surface area (Å²) in [7, 11) is -0.972. The maximum atomic E-state index is 15.3. The molecule has 0 saturated carbocycles. The number of alkyl halides is 2. The number of aromatic nitrogens is 1. The molecule has 0 bridgehead atoms. The molecule has 0 spiro atoms. The van der Waals surface area contributed by atoms with Crippen molar-refractivity contribution in [1.29, 1.82) is 0 Å². The third-order valence-corrected chi connectivity index (χ3v) is 11.1. The lowest BCUT2D eigenvalue weighted by molar-refractivity contribution is 0.0136. The van der Waals surface area contributed by atoms with Crippen molar-refractivity contribution in [1.82, 2.24) is 15.2 Å². The highest BCUT2D eigenvalue weighted by Gasteiger charge is 2.43. The van der Waals surface area contributed by atoms with E-state index in [1.807, 2.05) is 4.90 Å². The Labute approximate surface area is 296 Å². The minimum Gasteiger partial charge on any atom is -0.455 e. The molecule has 5 heterocycles. The number of hydrogen-bond acceptors (Lipinski definition) is 8. The molecule has 3 aromatic carbocycles. The number of fused-ring (bicyclic) bond motifs is 6. The van der Waals surface area contributed by atoms with E-state index in [-0.39, 0.29) is 48.5 Å². The molecule has 15 heteroatoms. The highest BCUT2D eigenvalue weighted by molar-refractivity contribution is 7.92. The first-order chi connectivity index (χ1) is 24.7. The summed E-state index contributed by atoms with van der Waals surface area (Å²) in [5.41, 5.74) is 3.92. The zero-order valence-corrected chi connectivity index (χ0v) is 29.1. The number of nitrogens with zero attached hydrogens (tertiary/aromatic N) is 5. The van der Waals surface area contributed by atoms with Gasteiger partial charge in [0.05, 0.1) is 54.2 Å². The van der Waals surface area contributed by atoms with Gasteiger partial charge in [-0.25, -0.2) is 31.0 Å². The second-order valence-electron chi connectivity index (χ2n) is 13.3.